The van der Waals surface area contributed by atoms with Crippen LogP contribution in [0.5, 0.6) is 0 Å². The van der Waals surface area contributed by atoms with E-state index in [1.807, 2.05) is 64.1 Å². The van der Waals surface area contributed by atoms with Gasteiger partial charge in [0.2, 0.25) is 0 Å². The van der Waals surface area contributed by atoms with Crippen molar-refractivity contribution in [3.05, 3.63) is 53.3 Å². The van der Waals surface area contributed by atoms with Crippen LogP contribution in [0.3, 0.4) is 0 Å². The van der Waals surface area contributed by atoms with Crippen LogP contribution in [0, 0.1) is 19.8 Å². The van der Waals surface area contributed by atoms with Gasteiger partial charge in [-0.25, -0.2) is 5.43 Å². The van der Waals surface area contributed by atoms with Crippen molar-refractivity contribution in [2.24, 2.45) is 11.0 Å². The molecule has 2 rings (SSSR count). The SMILES string of the molecule is Cc1cc(/C=N\NC(=O)C(=O)NCC(C)C)c(C)n1-c1ccccc1. The van der Waals surface area contributed by atoms with Gasteiger partial charge in [-0.3, -0.25) is 9.59 Å². The van der Waals surface area contributed by atoms with Crippen LogP contribution < -0.4 is 10.7 Å². The summed E-state index contributed by atoms with van der Waals surface area (Å²) in [7, 11) is 0. The van der Waals surface area contributed by atoms with Crippen molar-refractivity contribution in [2.75, 3.05) is 6.54 Å². The molecule has 25 heavy (non-hydrogen) atoms. The fourth-order valence-corrected chi connectivity index (χ4v) is 2.48. The Morgan fingerprint density at radius 1 is 1.16 bits per heavy atom. The molecule has 6 nitrogen and oxygen atoms in total. The molecule has 1 aromatic heterocycles. The van der Waals surface area contributed by atoms with E-state index in [-0.39, 0.29) is 5.92 Å². The highest BCUT2D eigenvalue weighted by Gasteiger charge is 2.13. The molecule has 0 spiro atoms. The van der Waals surface area contributed by atoms with Gasteiger partial charge in [0.05, 0.1) is 6.21 Å². The predicted octanol–water partition coefficient (Wildman–Crippen LogP) is 2.32. The number of hydrogen-bond donors (Lipinski definition) is 2. The molecule has 2 amide bonds. The zero-order valence-electron chi connectivity index (χ0n) is 15.0. The Balaban J connectivity index is 2.05. The van der Waals surface area contributed by atoms with Crippen LogP contribution in [0.2, 0.25) is 0 Å². The standard InChI is InChI=1S/C19H24N4O2/c1-13(2)11-20-18(24)19(25)22-21-12-16-10-14(3)23(15(16)4)17-8-6-5-7-9-17/h5-10,12-13H,11H2,1-4H3,(H,20,24)(H,22,25)/b21-12-. The molecule has 0 aliphatic heterocycles. The van der Waals surface area contributed by atoms with E-state index < -0.39 is 11.8 Å². The molecular formula is C19H24N4O2. The predicted molar refractivity (Wildman–Crippen MR) is 98.8 cm³/mol. The lowest BCUT2D eigenvalue weighted by Crippen LogP contribution is -2.39. The molecule has 2 N–H and O–H groups in total. The first-order chi connectivity index (χ1) is 11.9. The first kappa shape index (κ1) is 18.4. The molecule has 1 heterocycles. The average molecular weight is 340 g/mol. The molecule has 0 radical (unpaired) electrons. The number of rotatable bonds is 5. The number of amides is 2. The van der Waals surface area contributed by atoms with Crippen molar-refractivity contribution in [3.8, 4) is 5.69 Å². The van der Waals surface area contributed by atoms with Gasteiger partial charge < -0.3 is 9.88 Å². The largest absolute Gasteiger partial charge is 0.348 e. The van der Waals surface area contributed by atoms with E-state index in [9.17, 15) is 9.59 Å². The lowest BCUT2D eigenvalue weighted by Gasteiger charge is -2.09. The minimum Gasteiger partial charge on any atom is -0.348 e. The van der Waals surface area contributed by atoms with E-state index in [1.54, 1.807) is 6.21 Å². The third-order valence-electron chi connectivity index (χ3n) is 3.73. The minimum atomic E-state index is -0.770. The fourth-order valence-electron chi connectivity index (χ4n) is 2.48. The second-order valence-electron chi connectivity index (χ2n) is 6.30. The first-order valence-corrected chi connectivity index (χ1v) is 8.25. The van der Waals surface area contributed by atoms with Crippen LogP contribution in [0.4, 0.5) is 0 Å². The lowest BCUT2D eigenvalue weighted by atomic mass is 10.2. The molecule has 0 aliphatic carbocycles. The Kier molecular flexibility index (Phi) is 6.11. The van der Waals surface area contributed by atoms with Crippen LogP contribution >= 0.6 is 0 Å². The number of carbonyl (C=O) groups is 2. The molecule has 0 bridgehead atoms. The molecule has 0 aliphatic rings. The molecule has 0 atom stereocenters. The molecule has 132 valence electrons. The summed E-state index contributed by atoms with van der Waals surface area (Å²) in [4.78, 5) is 23.3. The van der Waals surface area contributed by atoms with E-state index >= 15 is 0 Å². The zero-order chi connectivity index (χ0) is 18.4. The van der Waals surface area contributed by atoms with E-state index in [0.29, 0.717) is 6.54 Å². The van der Waals surface area contributed by atoms with Crippen molar-refractivity contribution in [1.82, 2.24) is 15.3 Å². The van der Waals surface area contributed by atoms with Crippen LogP contribution in [-0.2, 0) is 9.59 Å². The Hall–Kier alpha value is -2.89. The Labute approximate surface area is 147 Å². The van der Waals surface area contributed by atoms with Gasteiger partial charge in [0.1, 0.15) is 0 Å². The molecule has 0 saturated carbocycles. The summed E-state index contributed by atoms with van der Waals surface area (Å²) >= 11 is 0. The second-order valence-corrected chi connectivity index (χ2v) is 6.30. The third-order valence-corrected chi connectivity index (χ3v) is 3.73. The number of nitrogens with zero attached hydrogens (tertiary/aromatic N) is 2. The maximum Gasteiger partial charge on any atom is 0.329 e. The number of para-hydroxylation sites is 1. The number of carbonyl (C=O) groups excluding carboxylic acids is 2. The highest BCUT2D eigenvalue weighted by Crippen LogP contribution is 2.19. The number of aryl methyl sites for hydroxylation is 1. The van der Waals surface area contributed by atoms with Crippen molar-refractivity contribution in [3.63, 3.8) is 0 Å². The van der Waals surface area contributed by atoms with Crippen LogP contribution in [0.1, 0.15) is 30.8 Å². The quantitative estimate of drug-likeness (QED) is 0.498. The van der Waals surface area contributed by atoms with Gasteiger partial charge in [-0.1, -0.05) is 32.0 Å². The summed E-state index contributed by atoms with van der Waals surface area (Å²) in [6, 6.07) is 12.0. The molecule has 2 aromatic rings. The van der Waals surface area contributed by atoms with Crippen LogP contribution in [-0.4, -0.2) is 29.1 Å². The van der Waals surface area contributed by atoms with Gasteiger partial charge in [-0.15, -0.1) is 0 Å². The van der Waals surface area contributed by atoms with E-state index in [0.717, 1.165) is 22.6 Å². The monoisotopic (exact) mass is 340 g/mol. The van der Waals surface area contributed by atoms with Crippen LogP contribution in [0.25, 0.3) is 5.69 Å². The molecule has 1 aromatic carbocycles. The summed E-state index contributed by atoms with van der Waals surface area (Å²) in [6.45, 7) is 8.36. The lowest BCUT2D eigenvalue weighted by molar-refractivity contribution is -0.139. The molecule has 6 heteroatoms. The maximum absolute atomic E-state index is 11.7. The summed E-state index contributed by atoms with van der Waals surface area (Å²) in [6.07, 6.45) is 1.55. The van der Waals surface area contributed by atoms with Gasteiger partial charge >= 0.3 is 11.8 Å². The third kappa shape index (κ3) is 4.79. The van der Waals surface area contributed by atoms with E-state index in [1.165, 1.54) is 0 Å². The average Bonchev–Trinajstić information content (AvgIpc) is 2.87. The Morgan fingerprint density at radius 3 is 2.48 bits per heavy atom. The van der Waals surface area contributed by atoms with Gasteiger partial charge in [-0.2, -0.15) is 5.10 Å². The van der Waals surface area contributed by atoms with Crippen molar-refractivity contribution in [1.29, 1.82) is 0 Å². The smallest absolute Gasteiger partial charge is 0.329 e. The fraction of sp³-hybridized carbons (Fsp3) is 0.316. The zero-order valence-corrected chi connectivity index (χ0v) is 15.0. The Bertz CT molecular complexity index is 776. The number of hydrazone groups is 1. The maximum atomic E-state index is 11.7. The second kappa shape index (κ2) is 8.28. The summed E-state index contributed by atoms with van der Waals surface area (Å²) < 4.78 is 2.11. The molecule has 0 saturated heterocycles. The van der Waals surface area contributed by atoms with E-state index in [2.05, 4.69) is 20.4 Å². The number of hydrogen-bond acceptors (Lipinski definition) is 3. The summed E-state index contributed by atoms with van der Waals surface area (Å²) in [5, 5.41) is 6.45. The molecule has 0 unspecified atom stereocenters. The minimum absolute atomic E-state index is 0.281. The van der Waals surface area contributed by atoms with Crippen LogP contribution in [0.15, 0.2) is 41.5 Å². The number of nitrogens with one attached hydrogen (secondary N) is 2. The van der Waals surface area contributed by atoms with Crippen molar-refractivity contribution < 1.29 is 9.59 Å². The topological polar surface area (TPSA) is 75.5 Å². The summed E-state index contributed by atoms with van der Waals surface area (Å²) in [5.74, 6) is -1.17. The highest BCUT2D eigenvalue weighted by molar-refractivity contribution is 6.35. The van der Waals surface area contributed by atoms with Crippen molar-refractivity contribution in [2.45, 2.75) is 27.7 Å². The van der Waals surface area contributed by atoms with Gasteiger partial charge in [-0.05, 0) is 38.0 Å². The normalized spacial score (nSPS) is 11.1. The highest BCUT2D eigenvalue weighted by atomic mass is 16.2. The van der Waals surface area contributed by atoms with E-state index in [4.69, 9.17) is 0 Å². The van der Waals surface area contributed by atoms with Gasteiger partial charge in [0, 0.05) is 29.2 Å². The number of aromatic nitrogens is 1. The van der Waals surface area contributed by atoms with Gasteiger partial charge in [0.15, 0.2) is 0 Å². The number of benzene rings is 1. The Morgan fingerprint density at radius 2 is 1.84 bits per heavy atom. The van der Waals surface area contributed by atoms with Gasteiger partial charge in [0.25, 0.3) is 0 Å². The molecular weight excluding hydrogens is 316 g/mol. The first-order valence-electron chi connectivity index (χ1n) is 8.25. The molecule has 0 fully saturated rings. The van der Waals surface area contributed by atoms with Crippen molar-refractivity contribution >= 4 is 18.0 Å². The summed E-state index contributed by atoms with van der Waals surface area (Å²) in [5.41, 5.74) is 6.27.